The quantitative estimate of drug-likeness (QED) is 0.0318. The number of aromatic nitrogens is 3. The maximum absolute atomic E-state index is 14.0. The number of piperazine rings is 1. The second-order valence-corrected chi connectivity index (χ2v) is 26.3. The molecule has 22 heteroatoms. The molecule has 20 nitrogen and oxygen atoms in total. The number of hydrogen-bond donors (Lipinski definition) is 4. The number of likely N-dealkylation sites (tertiary alicyclic amines) is 1. The van der Waals surface area contributed by atoms with E-state index in [1.54, 1.807) is 45.2 Å². The summed E-state index contributed by atoms with van der Waals surface area (Å²) in [6, 6.07) is 21.3. The number of piperidine rings is 1. The third-order valence-corrected chi connectivity index (χ3v) is 18.0. The van der Waals surface area contributed by atoms with Crippen molar-refractivity contribution in [2.45, 2.75) is 114 Å². The Bertz CT molecular complexity index is 3140. The number of carbonyl (C=O) groups is 2. The van der Waals surface area contributed by atoms with Crippen molar-refractivity contribution < 1.29 is 46.4 Å². The van der Waals surface area contributed by atoms with Crippen LogP contribution in [0.2, 0.25) is 5.02 Å². The van der Waals surface area contributed by atoms with Gasteiger partial charge in [-0.05, 0) is 132 Å². The summed E-state index contributed by atoms with van der Waals surface area (Å²) in [5.41, 5.74) is 6.90. The van der Waals surface area contributed by atoms with Gasteiger partial charge in [0, 0.05) is 63.4 Å². The topological polar surface area (TPSA) is 220 Å². The molecule has 5 heterocycles. The summed E-state index contributed by atoms with van der Waals surface area (Å²) in [6.45, 7) is 23.9. The number of halogens is 1. The molecule has 0 bridgehead atoms. The molecule has 0 saturated carbocycles. The normalized spacial score (nSPS) is 17.5. The number of benzene rings is 3. The molecule has 4 N–H and O–H groups in total. The first-order chi connectivity index (χ1) is 40.8. The lowest BCUT2D eigenvalue weighted by Crippen LogP contribution is -2.59. The number of aryl methyl sites for hydroxylation is 1. The molecule has 85 heavy (non-hydrogen) atoms. The molecule has 2 saturated heterocycles. The lowest BCUT2D eigenvalue weighted by atomic mass is 9.86. The van der Waals surface area contributed by atoms with Crippen LogP contribution in [0, 0.1) is 6.92 Å². The average Bonchev–Trinajstić information content (AvgIpc) is 2.19. The number of sulfone groups is 1. The number of hydrogen-bond acceptors (Lipinski definition) is 18. The van der Waals surface area contributed by atoms with E-state index in [0.29, 0.717) is 109 Å². The minimum atomic E-state index is -3.59. The van der Waals surface area contributed by atoms with E-state index in [0.717, 1.165) is 72.8 Å². The van der Waals surface area contributed by atoms with E-state index in [2.05, 4.69) is 86.9 Å². The van der Waals surface area contributed by atoms with Gasteiger partial charge in [-0.3, -0.25) is 24.4 Å². The predicted molar refractivity (Wildman–Crippen MR) is 332 cm³/mol. The van der Waals surface area contributed by atoms with E-state index in [-0.39, 0.29) is 57.0 Å². The molecule has 462 valence electrons. The van der Waals surface area contributed by atoms with E-state index < -0.39 is 15.1 Å². The number of fused-ring (bicyclic) bond motifs is 1. The summed E-state index contributed by atoms with van der Waals surface area (Å²) in [7, 11) is -1.88. The lowest BCUT2D eigenvalue weighted by molar-refractivity contribution is -0.123. The van der Waals surface area contributed by atoms with Crippen molar-refractivity contribution in [2.24, 2.45) is 0 Å². The Kier molecular flexibility index (Phi) is 23.4. The fourth-order valence-electron chi connectivity index (χ4n) is 11.1. The molecule has 0 spiro atoms. The molecule has 2 atom stereocenters. The molecule has 8 rings (SSSR count). The first-order valence-corrected chi connectivity index (χ1v) is 31.6. The number of amides is 2. The van der Waals surface area contributed by atoms with Crippen LogP contribution in [0.15, 0.2) is 84.0 Å². The summed E-state index contributed by atoms with van der Waals surface area (Å²) < 4.78 is 61.5. The molecule has 3 aliphatic rings. The zero-order chi connectivity index (χ0) is 60.7. The van der Waals surface area contributed by atoms with Gasteiger partial charge in [0.05, 0.1) is 105 Å². The van der Waals surface area contributed by atoms with Crippen LogP contribution in [0.1, 0.15) is 95.2 Å². The van der Waals surface area contributed by atoms with Crippen molar-refractivity contribution in [1.29, 1.82) is 0 Å². The minimum Gasteiger partial charge on any atom is -0.491 e. The third kappa shape index (κ3) is 17.8. The monoisotopic (exact) mass is 1210 g/mol. The van der Waals surface area contributed by atoms with Crippen molar-refractivity contribution >= 4 is 62.1 Å². The van der Waals surface area contributed by atoms with Crippen molar-refractivity contribution in [3.05, 3.63) is 112 Å². The highest BCUT2D eigenvalue weighted by molar-refractivity contribution is 7.92. The Morgan fingerprint density at radius 3 is 2.28 bits per heavy atom. The molecule has 0 unspecified atom stereocenters. The van der Waals surface area contributed by atoms with Gasteiger partial charge in [0.25, 0.3) is 0 Å². The van der Waals surface area contributed by atoms with Gasteiger partial charge in [-0.1, -0.05) is 55.8 Å². The summed E-state index contributed by atoms with van der Waals surface area (Å²) >= 11 is 6.53. The Labute approximate surface area is 507 Å². The number of rotatable bonds is 30. The Balaban J connectivity index is 0.695. The van der Waals surface area contributed by atoms with Crippen LogP contribution in [0.25, 0.3) is 0 Å². The number of methoxy groups -OCH3 is 1. The number of anilines is 5. The van der Waals surface area contributed by atoms with E-state index in [9.17, 15) is 18.0 Å². The summed E-state index contributed by atoms with van der Waals surface area (Å²) in [4.78, 5) is 47.4. The number of pyridine rings is 1. The molecule has 0 aliphatic carbocycles. The predicted octanol–water partition coefficient (Wildman–Crippen LogP) is 8.24. The highest BCUT2D eigenvalue weighted by Crippen LogP contribution is 2.41. The highest BCUT2D eigenvalue weighted by atomic mass is 35.5. The fraction of sp³-hybridized carbons (Fsp3) is 0.540. The van der Waals surface area contributed by atoms with Crippen LogP contribution in [-0.4, -0.2) is 181 Å². The molecule has 5 aromatic rings. The Hall–Kier alpha value is -6.01. The minimum absolute atomic E-state index is 0.0371. The van der Waals surface area contributed by atoms with Crippen LogP contribution >= 0.6 is 11.6 Å². The van der Waals surface area contributed by atoms with Gasteiger partial charge in [0.2, 0.25) is 17.8 Å². The van der Waals surface area contributed by atoms with Crippen LogP contribution in [0.4, 0.5) is 28.8 Å². The molecule has 0 radical (unpaired) electrons. The van der Waals surface area contributed by atoms with E-state index in [4.69, 9.17) is 45.0 Å². The van der Waals surface area contributed by atoms with Gasteiger partial charge in [-0.15, -0.1) is 0 Å². The summed E-state index contributed by atoms with van der Waals surface area (Å²) in [6.07, 6.45) is 5.65. The first kappa shape index (κ1) is 65.0. The third-order valence-electron chi connectivity index (χ3n) is 15.5. The maximum Gasteiger partial charge on any atom is 0.241 e. The van der Waals surface area contributed by atoms with Gasteiger partial charge in [-0.25, -0.2) is 13.4 Å². The van der Waals surface area contributed by atoms with Gasteiger partial charge in [-0.2, -0.15) is 4.98 Å². The average molecular weight is 1210 g/mol. The van der Waals surface area contributed by atoms with Gasteiger partial charge < -0.3 is 54.6 Å². The number of nitrogens with one attached hydrogen (secondary N) is 4. The summed E-state index contributed by atoms with van der Waals surface area (Å²) in [5, 5.41) is 12.5. The lowest BCUT2D eigenvalue weighted by Gasteiger charge is -2.39. The van der Waals surface area contributed by atoms with Crippen molar-refractivity contribution in [3.63, 3.8) is 0 Å². The Morgan fingerprint density at radius 2 is 1.55 bits per heavy atom. The second kappa shape index (κ2) is 30.6. The Morgan fingerprint density at radius 1 is 0.847 bits per heavy atom. The first-order valence-electron chi connectivity index (χ1n) is 29.7. The van der Waals surface area contributed by atoms with Gasteiger partial charge in [0.1, 0.15) is 23.1 Å². The van der Waals surface area contributed by atoms with E-state index in [1.807, 2.05) is 49.2 Å². The van der Waals surface area contributed by atoms with Crippen molar-refractivity contribution in [2.75, 3.05) is 128 Å². The molecule has 2 fully saturated rings. The number of carbonyl (C=O) groups excluding carboxylic acids is 2. The second-order valence-electron chi connectivity index (χ2n) is 23.4. The van der Waals surface area contributed by atoms with E-state index >= 15 is 0 Å². The van der Waals surface area contributed by atoms with Crippen LogP contribution in [0.5, 0.6) is 11.5 Å². The maximum atomic E-state index is 14.0. The molecule has 3 aromatic carbocycles. The highest BCUT2D eigenvalue weighted by Gasteiger charge is 2.41. The van der Waals surface area contributed by atoms with E-state index in [1.165, 1.54) is 11.8 Å². The van der Waals surface area contributed by atoms with Crippen LogP contribution in [0.3, 0.4) is 0 Å². The largest absolute Gasteiger partial charge is 0.491 e. The number of ether oxygens (including phenoxy) is 6. The van der Waals surface area contributed by atoms with Crippen LogP contribution in [-0.2, 0) is 50.2 Å². The standard InChI is InChI=1S/C63H87ClN10O10S/c1-42(2)84-56-33-50(44(5)30-53(56)70-62-68-36-51(64)61(71-62)69-52-15-11-13-17-57(52)85(77,78)43(3)4)47-18-21-72(22-19-47)38-58(75)65-20-23-80-24-25-81-26-27-82-28-29-83-55-16-12-10-14-48(55)31-46-32-54-60(67-34-46)63(7,8)41-74(54)59(76)39-73-37-45(6)66-35-49(73)40-79-9/h10-17,30,32-34,36,42-43,45,47,49,66H,18-29,31,35,37-41H2,1-9H3,(H,65,75)(H2,68,69,70,71)/t45-,49-/m1/s1. The zero-order valence-corrected chi connectivity index (χ0v) is 52.5. The zero-order valence-electron chi connectivity index (χ0n) is 50.9. The SMILES string of the molecule is COC[C@H]1CN[C@H](C)CN1CC(=O)N1CC(C)(C)c2ncc(Cc3ccccc3OCCOCCOCCOCCNC(=O)CN3CCC(c4cc(OC(C)C)c(Nc5ncc(Cl)c(Nc6ccccc6S(=O)(=O)C(C)C)n5)cc4C)CC3)cc21. The molecule has 3 aliphatic heterocycles. The molecule has 2 aromatic heterocycles. The molecular formula is C63H87ClN10O10S. The fourth-order valence-corrected chi connectivity index (χ4v) is 12.4. The van der Waals surface area contributed by atoms with Crippen molar-refractivity contribution in [1.82, 2.24) is 35.4 Å². The van der Waals surface area contributed by atoms with Crippen molar-refractivity contribution in [3.8, 4) is 11.5 Å². The number of nitrogens with zero attached hydrogens (tertiary/aromatic N) is 6. The van der Waals surface area contributed by atoms with Crippen LogP contribution < -0.4 is 35.6 Å². The molecular weight excluding hydrogens is 1120 g/mol. The summed E-state index contributed by atoms with van der Waals surface area (Å²) in [5.74, 6) is 2.25. The van der Waals surface area contributed by atoms with Gasteiger partial charge in [0.15, 0.2) is 15.7 Å². The van der Waals surface area contributed by atoms with Gasteiger partial charge >= 0.3 is 0 Å². The smallest absolute Gasteiger partial charge is 0.241 e. The number of para-hydroxylation sites is 2. The molecule has 2 amide bonds.